The fraction of sp³-hybridized carbons (Fsp3) is 0.269. The number of ether oxygens (including phenoxy) is 1. The number of amides is 1. The molecule has 0 bridgehead atoms. The van der Waals surface area contributed by atoms with Crippen LogP contribution in [0.15, 0.2) is 83.8 Å². The number of hydrogen-bond donors (Lipinski definition) is 1. The first kappa shape index (κ1) is 23.0. The molecule has 0 atom stereocenters. The molecule has 0 unspecified atom stereocenters. The Hall–Kier alpha value is -3.16. The van der Waals surface area contributed by atoms with Crippen molar-refractivity contribution in [3.05, 3.63) is 84.4 Å². The van der Waals surface area contributed by atoms with Gasteiger partial charge in [0, 0.05) is 18.7 Å². The maximum Gasteiger partial charge on any atom is 0.251 e. The van der Waals surface area contributed by atoms with E-state index >= 15 is 0 Å². The molecule has 3 aromatic carbocycles. The highest BCUT2D eigenvalue weighted by molar-refractivity contribution is 7.89. The van der Waals surface area contributed by atoms with E-state index in [4.69, 9.17) is 4.74 Å². The van der Waals surface area contributed by atoms with Crippen molar-refractivity contribution in [1.82, 2.24) is 9.62 Å². The van der Waals surface area contributed by atoms with Gasteiger partial charge in [-0.15, -0.1) is 0 Å². The molecule has 0 spiro atoms. The van der Waals surface area contributed by atoms with Crippen LogP contribution in [0.4, 0.5) is 0 Å². The van der Waals surface area contributed by atoms with E-state index in [1.165, 1.54) is 0 Å². The molecule has 0 radical (unpaired) electrons. The zero-order valence-electron chi connectivity index (χ0n) is 18.4. The zero-order chi connectivity index (χ0) is 23.1. The summed E-state index contributed by atoms with van der Waals surface area (Å²) in [5.41, 5.74) is 2.75. The van der Waals surface area contributed by atoms with Crippen molar-refractivity contribution >= 4 is 15.9 Å². The topological polar surface area (TPSA) is 75.7 Å². The molecule has 0 aliphatic carbocycles. The van der Waals surface area contributed by atoms with Crippen LogP contribution in [0.2, 0.25) is 0 Å². The third kappa shape index (κ3) is 5.80. The normalized spacial score (nSPS) is 14.5. The lowest BCUT2D eigenvalue weighted by Gasteiger charge is -2.25. The average molecular weight is 465 g/mol. The fourth-order valence-electron chi connectivity index (χ4n) is 3.84. The summed E-state index contributed by atoms with van der Waals surface area (Å²) in [7, 11) is -3.45. The Kier molecular flexibility index (Phi) is 7.42. The Bertz CT molecular complexity index is 1160. The summed E-state index contributed by atoms with van der Waals surface area (Å²) in [4.78, 5) is 12.7. The number of hydrogen-bond acceptors (Lipinski definition) is 4. The van der Waals surface area contributed by atoms with Gasteiger partial charge >= 0.3 is 0 Å². The summed E-state index contributed by atoms with van der Waals surface area (Å²) in [6.45, 7) is 1.78. The van der Waals surface area contributed by atoms with Gasteiger partial charge < -0.3 is 10.1 Å². The molecule has 1 aliphatic rings. The van der Waals surface area contributed by atoms with Crippen molar-refractivity contribution in [2.24, 2.45) is 0 Å². The number of carbonyl (C=O) groups is 1. The molecule has 1 amide bonds. The Morgan fingerprint density at radius 3 is 2.12 bits per heavy atom. The zero-order valence-corrected chi connectivity index (χ0v) is 19.3. The molecule has 33 heavy (non-hydrogen) atoms. The molecule has 1 aliphatic heterocycles. The van der Waals surface area contributed by atoms with Gasteiger partial charge in [0.25, 0.3) is 5.91 Å². The van der Waals surface area contributed by atoms with Gasteiger partial charge in [-0.2, -0.15) is 4.31 Å². The smallest absolute Gasteiger partial charge is 0.251 e. The van der Waals surface area contributed by atoms with Crippen LogP contribution in [0.25, 0.3) is 11.1 Å². The van der Waals surface area contributed by atoms with E-state index < -0.39 is 10.0 Å². The summed E-state index contributed by atoms with van der Waals surface area (Å²) < 4.78 is 32.6. The molecule has 4 rings (SSSR count). The number of sulfonamides is 1. The monoisotopic (exact) mass is 464 g/mol. The first-order valence-electron chi connectivity index (χ1n) is 11.2. The van der Waals surface area contributed by atoms with Gasteiger partial charge in [-0.1, -0.05) is 48.9 Å². The second kappa shape index (κ2) is 10.6. The van der Waals surface area contributed by atoms with Crippen LogP contribution >= 0.6 is 0 Å². The molecule has 1 saturated heterocycles. The van der Waals surface area contributed by atoms with E-state index in [9.17, 15) is 13.2 Å². The van der Waals surface area contributed by atoms with E-state index in [1.54, 1.807) is 40.7 Å². The standard InChI is InChI=1S/C26H28N2O4S/c29-26(23-11-9-22(10-12-23)21-7-3-1-4-8-21)27-17-20-32-24-13-15-25(16-14-24)33(30,31)28-18-5-2-6-19-28/h1,3-4,7-16H,2,5-6,17-20H2,(H,27,29). The van der Waals surface area contributed by atoms with Crippen LogP contribution < -0.4 is 10.1 Å². The molecule has 6 nitrogen and oxygen atoms in total. The molecular weight excluding hydrogens is 436 g/mol. The Morgan fingerprint density at radius 2 is 1.45 bits per heavy atom. The second-order valence-corrected chi connectivity index (χ2v) is 9.92. The molecule has 3 aromatic rings. The number of nitrogens with zero attached hydrogens (tertiary/aromatic N) is 1. The molecular formula is C26H28N2O4S. The molecule has 1 heterocycles. The second-order valence-electron chi connectivity index (χ2n) is 7.98. The van der Waals surface area contributed by atoms with Gasteiger partial charge in [-0.3, -0.25) is 4.79 Å². The minimum atomic E-state index is -3.45. The van der Waals surface area contributed by atoms with Crippen LogP contribution in [0.5, 0.6) is 5.75 Å². The lowest BCUT2D eigenvalue weighted by Crippen LogP contribution is -2.35. The van der Waals surface area contributed by atoms with E-state index in [0.717, 1.165) is 30.4 Å². The fourth-order valence-corrected chi connectivity index (χ4v) is 5.36. The number of nitrogens with one attached hydrogen (secondary N) is 1. The van der Waals surface area contributed by atoms with Gasteiger partial charge in [0.2, 0.25) is 10.0 Å². The Labute approximate surface area is 195 Å². The average Bonchev–Trinajstić information content (AvgIpc) is 2.88. The summed E-state index contributed by atoms with van der Waals surface area (Å²) in [6, 6.07) is 23.9. The van der Waals surface area contributed by atoms with Gasteiger partial charge in [-0.05, 0) is 60.4 Å². The molecule has 0 aromatic heterocycles. The lowest BCUT2D eigenvalue weighted by atomic mass is 10.0. The molecule has 0 saturated carbocycles. The molecule has 1 N–H and O–H groups in total. The van der Waals surface area contributed by atoms with Gasteiger partial charge in [0.05, 0.1) is 11.4 Å². The van der Waals surface area contributed by atoms with Crippen molar-refractivity contribution in [2.75, 3.05) is 26.2 Å². The van der Waals surface area contributed by atoms with E-state index in [1.807, 2.05) is 42.5 Å². The SMILES string of the molecule is O=C(NCCOc1ccc(S(=O)(=O)N2CCCCC2)cc1)c1ccc(-c2ccccc2)cc1. The predicted octanol–water partition coefficient (Wildman–Crippen LogP) is 4.34. The summed E-state index contributed by atoms with van der Waals surface area (Å²) in [5, 5.41) is 2.84. The molecule has 172 valence electrons. The lowest BCUT2D eigenvalue weighted by molar-refractivity contribution is 0.0947. The minimum Gasteiger partial charge on any atom is -0.492 e. The maximum atomic E-state index is 12.7. The van der Waals surface area contributed by atoms with Crippen molar-refractivity contribution in [3.63, 3.8) is 0 Å². The van der Waals surface area contributed by atoms with Crippen LogP contribution in [0, 0.1) is 0 Å². The number of piperidine rings is 1. The first-order valence-corrected chi connectivity index (χ1v) is 12.6. The molecule has 7 heteroatoms. The minimum absolute atomic E-state index is 0.166. The maximum absolute atomic E-state index is 12.7. The van der Waals surface area contributed by atoms with E-state index in [2.05, 4.69) is 5.32 Å². The Morgan fingerprint density at radius 1 is 0.818 bits per heavy atom. The summed E-state index contributed by atoms with van der Waals surface area (Å²) >= 11 is 0. The number of carbonyl (C=O) groups excluding carboxylic acids is 1. The Balaban J connectivity index is 1.24. The highest BCUT2D eigenvalue weighted by atomic mass is 32.2. The third-order valence-electron chi connectivity index (χ3n) is 5.69. The third-order valence-corrected chi connectivity index (χ3v) is 7.60. The van der Waals surface area contributed by atoms with E-state index in [-0.39, 0.29) is 17.4 Å². The van der Waals surface area contributed by atoms with Crippen LogP contribution in [-0.4, -0.2) is 44.9 Å². The molecule has 1 fully saturated rings. The van der Waals surface area contributed by atoms with Crippen molar-refractivity contribution in [1.29, 1.82) is 0 Å². The first-order chi connectivity index (χ1) is 16.0. The van der Waals surface area contributed by atoms with Gasteiger partial charge in [-0.25, -0.2) is 8.42 Å². The van der Waals surface area contributed by atoms with E-state index in [0.29, 0.717) is 30.9 Å². The highest BCUT2D eigenvalue weighted by Gasteiger charge is 2.25. The van der Waals surface area contributed by atoms with Crippen LogP contribution in [-0.2, 0) is 10.0 Å². The quantitative estimate of drug-likeness (QED) is 0.503. The van der Waals surface area contributed by atoms with Crippen molar-refractivity contribution in [3.8, 4) is 16.9 Å². The van der Waals surface area contributed by atoms with Gasteiger partial charge in [0.15, 0.2) is 0 Å². The highest BCUT2D eigenvalue weighted by Crippen LogP contribution is 2.23. The van der Waals surface area contributed by atoms with Gasteiger partial charge in [0.1, 0.15) is 12.4 Å². The summed E-state index contributed by atoms with van der Waals surface area (Å²) in [5.74, 6) is 0.398. The van der Waals surface area contributed by atoms with Crippen molar-refractivity contribution in [2.45, 2.75) is 24.2 Å². The van der Waals surface area contributed by atoms with Crippen LogP contribution in [0.3, 0.4) is 0 Å². The van der Waals surface area contributed by atoms with Crippen molar-refractivity contribution < 1.29 is 17.9 Å². The number of benzene rings is 3. The summed E-state index contributed by atoms with van der Waals surface area (Å²) in [6.07, 6.45) is 2.89. The van der Waals surface area contributed by atoms with Crippen LogP contribution in [0.1, 0.15) is 29.6 Å². The largest absolute Gasteiger partial charge is 0.492 e. The number of rotatable bonds is 8. The predicted molar refractivity (Wildman–Crippen MR) is 129 cm³/mol.